The van der Waals surface area contributed by atoms with E-state index in [9.17, 15) is 13.2 Å². The SMILES string of the molecule is CCn1cc(CNc2ccc(OCC(F)(F)F)nc2)cn1. The highest BCUT2D eigenvalue weighted by Crippen LogP contribution is 2.18. The van der Waals surface area contributed by atoms with Crippen LogP contribution in [-0.4, -0.2) is 27.5 Å². The maximum Gasteiger partial charge on any atom is 0.422 e. The van der Waals surface area contributed by atoms with Crippen LogP contribution in [0.2, 0.25) is 0 Å². The van der Waals surface area contributed by atoms with Gasteiger partial charge in [-0.1, -0.05) is 0 Å². The van der Waals surface area contributed by atoms with Gasteiger partial charge in [0.15, 0.2) is 6.61 Å². The molecule has 0 atom stereocenters. The molecule has 0 radical (unpaired) electrons. The summed E-state index contributed by atoms with van der Waals surface area (Å²) in [5.41, 5.74) is 1.70. The molecule has 2 rings (SSSR count). The average molecular weight is 300 g/mol. The predicted octanol–water partition coefficient (Wildman–Crippen LogP) is 2.85. The fourth-order valence-corrected chi connectivity index (χ4v) is 1.60. The third-order valence-electron chi connectivity index (χ3n) is 2.63. The van der Waals surface area contributed by atoms with Crippen LogP contribution < -0.4 is 10.1 Å². The van der Waals surface area contributed by atoms with Crippen molar-refractivity contribution in [1.82, 2.24) is 14.8 Å². The third kappa shape index (κ3) is 4.97. The molecule has 1 N–H and O–H groups in total. The molecule has 2 aromatic rings. The summed E-state index contributed by atoms with van der Waals surface area (Å²) in [4.78, 5) is 3.81. The molecular weight excluding hydrogens is 285 g/mol. The average Bonchev–Trinajstić information content (AvgIpc) is 2.91. The van der Waals surface area contributed by atoms with Crippen molar-refractivity contribution >= 4 is 5.69 Å². The second kappa shape index (κ2) is 6.47. The minimum absolute atomic E-state index is 0.0586. The highest BCUT2D eigenvalue weighted by Gasteiger charge is 2.28. The van der Waals surface area contributed by atoms with Gasteiger partial charge in [0, 0.05) is 30.9 Å². The molecule has 0 saturated heterocycles. The van der Waals surface area contributed by atoms with Crippen LogP contribution in [0.25, 0.3) is 0 Å². The molecule has 0 amide bonds. The van der Waals surface area contributed by atoms with Gasteiger partial charge in [0.05, 0.1) is 18.1 Å². The van der Waals surface area contributed by atoms with Crippen LogP contribution in [0.3, 0.4) is 0 Å². The van der Waals surface area contributed by atoms with Crippen molar-refractivity contribution in [3.63, 3.8) is 0 Å². The highest BCUT2D eigenvalue weighted by molar-refractivity contribution is 5.42. The maximum absolute atomic E-state index is 12.0. The predicted molar refractivity (Wildman–Crippen MR) is 71.0 cm³/mol. The lowest BCUT2D eigenvalue weighted by atomic mass is 10.3. The summed E-state index contributed by atoms with van der Waals surface area (Å²) in [5.74, 6) is -0.0586. The number of alkyl halides is 3. The first kappa shape index (κ1) is 15.1. The van der Waals surface area contributed by atoms with Crippen molar-refractivity contribution in [3.05, 3.63) is 36.3 Å². The lowest BCUT2D eigenvalue weighted by molar-refractivity contribution is -0.154. The van der Waals surface area contributed by atoms with Gasteiger partial charge in [0.25, 0.3) is 0 Å². The number of pyridine rings is 1. The molecule has 0 unspecified atom stereocenters. The molecule has 0 saturated carbocycles. The number of ether oxygens (including phenoxy) is 1. The van der Waals surface area contributed by atoms with Crippen LogP contribution in [-0.2, 0) is 13.1 Å². The summed E-state index contributed by atoms with van der Waals surface area (Å²) < 4.78 is 42.3. The van der Waals surface area contributed by atoms with Gasteiger partial charge in [0.1, 0.15) is 0 Å². The number of rotatable bonds is 6. The van der Waals surface area contributed by atoms with E-state index >= 15 is 0 Å². The van der Waals surface area contributed by atoms with E-state index in [1.165, 1.54) is 12.3 Å². The molecular formula is C13H15F3N4O. The number of hydrogen-bond donors (Lipinski definition) is 1. The van der Waals surface area contributed by atoms with E-state index in [0.717, 1.165) is 12.1 Å². The minimum Gasteiger partial charge on any atom is -0.468 e. The van der Waals surface area contributed by atoms with E-state index in [1.807, 2.05) is 17.8 Å². The Bertz CT molecular complexity index is 566. The summed E-state index contributed by atoms with van der Waals surface area (Å²) in [6, 6.07) is 3.01. The standard InChI is InChI=1S/C13H15F3N4O/c1-2-20-8-10(6-19-20)5-17-11-3-4-12(18-7-11)21-9-13(14,15)16/h3-4,6-8,17H,2,5,9H2,1H3. The van der Waals surface area contributed by atoms with E-state index < -0.39 is 12.8 Å². The zero-order valence-electron chi connectivity index (χ0n) is 11.4. The van der Waals surface area contributed by atoms with Gasteiger partial charge in [-0.3, -0.25) is 4.68 Å². The number of hydrogen-bond acceptors (Lipinski definition) is 4. The fourth-order valence-electron chi connectivity index (χ4n) is 1.60. The molecule has 5 nitrogen and oxygen atoms in total. The van der Waals surface area contributed by atoms with E-state index in [-0.39, 0.29) is 5.88 Å². The molecule has 2 heterocycles. The summed E-state index contributed by atoms with van der Waals surface area (Å²) in [6.45, 7) is 2.01. The highest BCUT2D eigenvalue weighted by atomic mass is 19.4. The first-order chi connectivity index (χ1) is 9.96. The van der Waals surface area contributed by atoms with Gasteiger partial charge >= 0.3 is 6.18 Å². The van der Waals surface area contributed by atoms with Crippen molar-refractivity contribution < 1.29 is 17.9 Å². The normalized spacial score (nSPS) is 11.4. The van der Waals surface area contributed by atoms with Crippen LogP contribution in [0.15, 0.2) is 30.7 Å². The number of halogens is 3. The second-order valence-corrected chi connectivity index (χ2v) is 4.35. The Morgan fingerprint density at radius 1 is 1.29 bits per heavy atom. The summed E-state index contributed by atoms with van der Waals surface area (Å²) in [6.07, 6.45) is 0.736. The van der Waals surface area contributed by atoms with Crippen molar-refractivity contribution in [2.75, 3.05) is 11.9 Å². The lowest BCUT2D eigenvalue weighted by Gasteiger charge is -2.09. The Balaban J connectivity index is 1.84. The zero-order valence-corrected chi connectivity index (χ0v) is 11.4. The lowest BCUT2D eigenvalue weighted by Crippen LogP contribution is -2.19. The third-order valence-corrected chi connectivity index (χ3v) is 2.63. The summed E-state index contributed by atoms with van der Waals surface area (Å²) in [7, 11) is 0. The Morgan fingerprint density at radius 2 is 2.10 bits per heavy atom. The van der Waals surface area contributed by atoms with Gasteiger partial charge in [-0.05, 0) is 13.0 Å². The smallest absolute Gasteiger partial charge is 0.422 e. The first-order valence-corrected chi connectivity index (χ1v) is 6.37. The van der Waals surface area contributed by atoms with Gasteiger partial charge in [0.2, 0.25) is 5.88 Å². The monoisotopic (exact) mass is 300 g/mol. The second-order valence-electron chi connectivity index (χ2n) is 4.35. The van der Waals surface area contributed by atoms with E-state index in [1.54, 1.807) is 12.3 Å². The number of nitrogens with one attached hydrogen (secondary N) is 1. The van der Waals surface area contributed by atoms with Crippen molar-refractivity contribution in [3.8, 4) is 5.88 Å². The van der Waals surface area contributed by atoms with Crippen molar-refractivity contribution in [2.24, 2.45) is 0 Å². The van der Waals surface area contributed by atoms with Crippen LogP contribution >= 0.6 is 0 Å². The molecule has 0 fully saturated rings. The van der Waals surface area contributed by atoms with E-state index in [2.05, 4.69) is 20.1 Å². The van der Waals surface area contributed by atoms with Crippen LogP contribution in [0, 0.1) is 0 Å². The van der Waals surface area contributed by atoms with Crippen LogP contribution in [0.1, 0.15) is 12.5 Å². The van der Waals surface area contributed by atoms with Crippen molar-refractivity contribution in [1.29, 1.82) is 0 Å². The Morgan fingerprint density at radius 3 is 2.67 bits per heavy atom. The number of anilines is 1. The van der Waals surface area contributed by atoms with E-state index in [0.29, 0.717) is 12.2 Å². The number of aromatic nitrogens is 3. The number of nitrogens with zero attached hydrogens (tertiary/aromatic N) is 3. The van der Waals surface area contributed by atoms with Crippen LogP contribution in [0.4, 0.5) is 18.9 Å². The molecule has 114 valence electrons. The molecule has 0 aliphatic carbocycles. The van der Waals surface area contributed by atoms with Gasteiger partial charge in [-0.2, -0.15) is 18.3 Å². The fraction of sp³-hybridized carbons (Fsp3) is 0.385. The molecule has 0 aromatic carbocycles. The molecule has 0 aliphatic rings. The Hall–Kier alpha value is -2.25. The minimum atomic E-state index is -4.36. The molecule has 0 aliphatic heterocycles. The van der Waals surface area contributed by atoms with Crippen molar-refractivity contribution in [2.45, 2.75) is 26.2 Å². The zero-order chi connectivity index (χ0) is 15.3. The molecule has 8 heteroatoms. The largest absolute Gasteiger partial charge is 0.468 e. The topological polar surface area (TPSA) is 52.0 Å². The molecule has 0 spiro atoms. The molecule has 21 heavy (non-hydrogen) atoms. The maximum atomic E-state index is 12.0. The Labute approximate surface area is 119 Å². The summed E-state index contributed by atoms with van der Waals surface area (Å²) >= 11 is 0. The van der Waals surface area contributed by atoms with Gasteiger partial charge in [-0.15, -0.1) is 0 Å². The molecule has 0 bridgehead atoms. The van der Waals surface area contributed by atoms with Gasteiger partial charge < -0.3 is 10.1 Å². The summed E-state index contributed by atoms with van der Waals surface area (Å²) in [5, 5.41) is 7.25. The number of aryl methyl sites for hydroxylation is 1. The van der Waals surface area contributed by atoms with E-state index in [4.69, 9.17) is 0 Å². The van der Waals surface area contributed by atoms with Gasteiger partial charge in [-0.25, -0.2) is 4.98 Å². The first-order valence-electron chi connectivity index (χ1n) is 6.37. The molecule has 2 aromatic heterocycles. The quantitative estimate of drug-likeness (QED) is 0.891. The van der Waals surface area contributed by atoms with Crippen LogP contribution in [0.5, 0.6) is 5.88 Å². The Kier molecular flexibility index (Phi) is 4.66.